The van der Waals surface area contributed by atoms with Gasteiger partial charge in [-0.15, -0.1) is 0 Å². The van der Waals surface area contributed by atoms with E-state index in [2.05, 4.69) is 16.9 Å². The number of aliphatic hydroxyl groups excluding tert-OH is 1. The van der Waals surface area contributed by atoms with E-state index in [9.17, 15) is 5.11 Å². The van der Waals surface area contributed by atoms with Crippen molar-refractivity contribution in [2.75, 3.05) is 0 Å². The molecule has 1 atom stereocenters. The lowest BCUT2D eigenvalue weighted by Gasteiger charge is -2.29. The fraction of sp³-hybridized carbons (Fsp3) is 0.692. The third kappa shape index (κ3) is 2.59. The number of nitrogens with zero attached hydrogens (tertiary/aromatic N) is 2. The molecule has 1 fully saturated rings. The Balaban J connectivity index is 2.01. The van der Waals surface area contributed by atoms with Crippen molar-refractivity contribution >= 4 is 0 Å². The average Bonchev–Trinajstić information content (AvgIpc) is 2.30. The summed E-state index contributed by atoms with van der Waals surface area (Å²) < 4.78 is 0. The van der Waals surface area contributed by atoms with E-state index in [1.54, 1.807) is 12.4 Å². The molecule has 1 heterocycles. The Morgan fingerprint density at radius 1 is 1.19 bits per heavy atom. The largest absolute Gasteiger partial charge is 0.385 e. The summed E-state index contributed by atoms with van der Waals surface area (Å²) in [5, 5.41) is 10.2. The zero-order valence-electron chi connectivity index (χ0n) is 10.1. The first kappa shape index (κ1) is 11.5. The van der Waals surface area contributed by atoms with Gasteiger partial charge in [0.15, 0.2) is 5.82 Å². The fourth-order valence-corrected chi connectivity index (χ4v) is 2.37. The second kappa shape index (κ2) is 4.91. The summed E-state index contributed by atoms with van der Waals surface area (Å²) in [5.74, 6) is 1.74. The Morgan fingerprint density at radius 2 is 1.75 bits per heavy atom. The molecule has 3 heteroatoms. The number of rotatable bonds is 2. The normalized spacial score (nSPS) is 27.7. The number of aromatic nitrogens is 2. The molecular weight excluding hydrogens is 200 g/mol. The Kier molecular flexibility index (Phi) is 3.54. The Hall–Kier alpha value is -0.960. The van der Waals surface area contributed by atoms with Gasteiger partial charge in [0.1, 0.15) is 6.10 Å². The summed E-state index contributed by atoms with van der Waals surface area (Å²) in [5.41, 5.74) is 1.04. The Morgan fingerprint density at radius 3 is 2.31 bits per heavy atom. The van der Waals surface area contributed by atoms with E-state index in [0.717, 1.165) is 24.3 Å². The highest BCUT2D eigenvalue weighted by molar-refractivity contribution is 5.04. The van der Waals surface area contributed by atoms with Crippen LogP contribution in [0.5, 0.6) is 0 Å². The summed E-state index contributed by atoms with van der Waals surface area (Å²) >= 11 is 0. The van der Waals surface area contributed by atoms with Gasteiger partial charge < -0.3 is 5.11 Å². The molecule has 1 aliphatic rings. The minimum absolute atomic E-state index is 0.346. The zero-order chi connectivity index (χ0) is 11.5. The number of hydrogen-bond donors (Lipinski definition) is 1. The van der Waals surface area contributed by atoms with Gasteiger partial charge in [-0.05, 0) is 37.2 Å². The molecular formula is C13H20N2O. The minimum Gasteiger partial charge on any atom is -0.385 e. The van der Waals surface area contributed by atoms with Crippen molar-refractivity contribution in [1.29, 1.82) is 0 Å². The van der Waals surface area contributed by atoms with Crippen molar-refractivity contribution in [3.05, 3.63) is 23.8 Å². The first-order valence-electron chi connectivity index (χ1n) is 6.13. The third-order valence-corrected chi connectivity index (χ3v) is 3.57. The third-order valence-electron chi connectivity index (χ3n) is 3.57. The summed E-state index contributed by atoms with van der Waals surface area (Å²) in [6, 6.07) is 0. The molecule has 0 spiro atoms. The van der Waals surface area contributed by atoms with Crippen LogP contribution in [0.1, 0.15) is 50.1 Å². The van der Waals surface area contributed by atoms with E-state index >= 15 is 0 Å². The van der Waals surface area contributed by atoms with E-state index in [1.165, 1.54) is 12.8 Å². The van der Waals surface area contributed by atoms with Crippen molar-refractivity contribution in [3.63, 3.8) is 0 Å². The van der Waals surface area contributed by atoms with Crippen molar-refractivity contribution in [1.82, 2.24) is 9.97 Å². The monoisotopic (exact) mass is 220 g/mol. The standard InChI is InChI=1S/C13H20N2O/c1-9-3-5-11(6-4-9)12(16)13-14-7-10(2)8-15-13/h7-9,11-12,16H,3-6H2,1-2H3. The molecule has 0 saturated heterocycles. The zero-order valence-corrected chi connectivity index (χ0v) is 10.1. The predicted molar refractivity (Wildman–Crippen MR) is 62.9 cm³/mol. The van der Waals surface area contributed by atoms with Gasteiger partial charge in [-0.3, -0.25) is 0 Å². The summed E-state index contributed by atoms with van der Waals surface area (Å²) in [7, 11) is 0. The average molecular weight is 220 g/mol. The molecule has 1 saturated carbocycles. The fourth-order valence-electron chi connectivity index (χ4n) is 2.37. The summed E-state index contributed by atoms with van der Waals surface area (Å²) in [4.78, 5) is 8.42. The van der Waals surface area contributed by atoms with Crippen molar-refractivity contribution in [2.24, 2.45) is 11.8 Å². The molecule has 16 heavy (non-hydrogen) atoms. The van der Waals surface area contributed by atoms with Gasteiger partial charge in [-0.25, -0.2) is 9.97 Å². The highest BCUT2D eigenvalue weighted by atomic mass is 16.3. The van der Waals surface area contributed by atoms with Gasteiger partial charge in [0, 0.05) is 12.4 Å². The van der Waals surface area contributed by atoms with Gasteiger partial charge in [0.2, 0.25) is 0 Å². The topological polar surface area (TPSA) is 46.0 Å². The molecule has 0 aliphatic heterocycles. The van der Waals surface area contributed by atoms with Gasteiger partial charge >= 0.3 is 0 Å². The highest BCUT2D eigenvalue weighted by Gasteiger charge is 2.27. The smallest absolute Gasteiger partial charge is 0.157 e. The van der Waals surface area contributed by atoms with Crippen LogP contribution in [0, 0.1) is 18.8 Å². The van der Waals surface area contributed by atoms with Crippen molar-refractivity contribution in [2.45, 2.75) is 45.6 Å². The first-order chi connectivity index (χ1) is 7.66. The van der Waals surface area contributed by atoms with Crippen molar-refractivity contribution in [3.8, 4) is 0 Å². The van der Waals surface area contributed by atoms with Crippen LogP contribution in [0.4, 0.5) is 0 Å². The maximum absolute atomic E-state index is 10.2. The highest BCUT2D eigenvalue weighted by Crippen LogP contribution is 2.35. The van der Waals surface area contributed by atoms with Crippen LogP contribution in [0.2, 0.25) is 0 Å². The molecule has 1 unspecified atom stereocenters. The van der Waals surface area contributed by atoms with Gasteiger partial charge in [-0.2, -0.15) is 0 Å². The lowest BCUT2D eigenvalue weighted by molar-refractivity contribution is 0.0683. The molecule has 1 aromatic heterocycles. The second-order valence-corrected chi connectivity index (χ2v) is 5.08. The van der Waals surface area contributed by atoms with E-state index in [1.807, 2.05) is 6.92 Å². The van der Waals surface area contributed by atoms with Crippen LogP contribution in [0.3, 0.4) is 0 Å². The van der Waals surface area contributed by atoms with E-state index in [0.29, 0.717) is 11.7 Å². The summed E-state index contributed by atoms with van der Waals surface area (Å²) in [6.07, 6.45) is 7.70. The molecule has 88 valence electrons. The summed E-state index contributed by atoms with van der Waals surface area (Å²) in [6.45, 7) is 4.24. The van der Waals surface area contributed by atoms with E-state index in [4.69, 9.17) is 0 Å². The lowest BCUT2D eigenvalue weighted by atomic mass is 9.80. The number of aryl methyl sites for hydroxylation is 1. The maximum atomic E-state index is 10.2. The predicted octanol–water partition coefficient (Wildman–Crippen LogP) is 2.64. The molecule has 1 aromatic rings. The maximum Gasteiger partial charge on any atom is 0.157 e. The van der Waals surface area contributed by atoms with Crippen LogP contribution in [-0.4, -0.2) is 15.1 Å². The number of hydrogen-bond acceptors (Lipinski definition) is 3. The van der Waals surface area contributed by atoms with Crippen LogP contribution in [0.25, 0.3) is 0 Å². The molecule has 0 bridgehead atoms. The van der Waals surface area contributed by atoms with Crippen LogP contribution in [0.15, 0.2) is 12.4 Å². The SMILES string of the molecule is Cc1cnc(C(O)C2CCC(C)CC2)nc1. The molecule has 0 amide bonds. The van der Waals surface area contributed by atoms with Crippen LogP contribution >= 0.6 is 0 Å². The van der Waals surface area contributed by atoms with Gasteiger partial charge in [0.25, 0.3) is 0 Å². The first-order valence-corrected chi connectivity index (χ1v) is 6.13. The van der Waals surface area contributed by atoms with Gasteiger partial charge in [-0.1, -0.05) is 19.8 Å². The van der Waals surface area contributed by atoms with E-state index < -0.39 is 6.10 Å². The molecule has 1 N–H and O–H groups in total. The van der Waals surface area contributed by atoms with E-state index in [-0.39, 0.29) is 0 Å². The Labute approximate surface area is 96.9 Å². The van der Waals surface area contributed by atoms with Crippen LogP contribution < -0.4 is 0 Å². The second-order valence-electron chi connectivity index (χ2n) is 5.08. The molecule has 3 nitrogen and oxygen atoms in total. The number of aliphatic hydroxyl groups is 1. The molecule has 2 rings (SSSR count). The lowest BCUT2D eigenvalue weighted by Crippen LogP contribution is -2.20. The van der Waals surface area contributed by atoms with Gasteiger partial charge in [0.05, 0.1) is 0 Å². The quantitative estimate of drug-likeness (QED) is 0.833. The molecule has 0 aromatic carbocycles. The minimum atomic E-state index is -0.479. The molecule has 0 radical (unpaired) electrons. The van der Waals surface area contributed by atoms with Crippen LogP contribution in [-0.2, 0) is 0 Å². The van der Waals surface area contributed by atoms with Crippen molar-refractivity contribution < 1.29 is 5.11 Å². The molecule has 1 aliphatic carbocycles. The Bertz CT molecular complexity index is 328.